The van der Waals surface area contributed by atoms with E-state index < -0.39 is 24.0 Å². The maximum Gasteiger partial charge on any atom is 0.373 e. The highest BCUT2D eigenvalue weighted by atomic mass is 32.2. The normalized spacial score (nSPS) is 10.6. The van der Waals surface area contributed by atoms with Crippen LogP contribution in [0.25, 0.3) is 0 Å². The van der Waals surface area contributed by atoms with Gasteiger partial charge in [0.1, 0.15) is 11.9 Å². The van der Waals surface area contributed by atoms with Crippen LogP contribution in [0.3, 0.4) is 0 Å². The zero-order valence-electron chi connectivity index (χ0n) is 14.1. The molecule has 0 radical (unpaired) electrons. The van der Waals surface area contributed by atoms with Gasteiger partial charge in [-0.2, -0.15) is 21.4 Å². The summed E-state index contributed by atoms with van der Waals surface area (Å²) in [6.45, 7) is 0.322. The number of nitrogens with one attached hydrogen (secondary N) is 2. The van der Waals surface area contributed by atoms with Gasteiger partial charge in [-0.3, -0.25) is 4.79 Å². The molecule has 0 bridgehead atoms. The lowest BCUT2D eigenvalue weighted by Crippen LogP contribution is -2.46. The smallest absolute Gasteiger partial charge is 0.373 e. The van der Waals surface area contributed by atoms with E-state index >= 15 is 0 Å². The summed E-state index contributed by atoms with van der Waals surface area (Å²) in [6.07, 6.45) is -0.276. The number of hydrogen-bond acceptors (Lipinski definition) is 6. The monoisotopic (exact) mass is 402 g/mol. The Balaban J connectivity index is 0.00000210. The Kier molecular flexibility index (Phi) is 12.7. The molecule has 0 heterocycles. The van der Waals surface area contributed by atoms with E-state index in [0.29, 0.717) is 18.1 Å². The summed E-state index contributed by atoms with van der Waals surface area (Å²) in [5.41, 5.74) is 0.963. The number of carbonyl (C=O) groups excluding carboxylic acids is 3. The second-order valence-corrected chi connectivity index (χ2v) is 6.09. The number of rotatable bonds is 10. The molecule has 9 nitrogen and oxygen atoms in total. The summed E-state index contributed by atoms with van der Waals surface area (Å²) < 4.78 is 12.7. The third kappa shape index (κ3) is 13.0. The fourth-order valence-corrected chi connectivity index (χ4v) is 2.56. The summed E-state index contributed by atoms with van der Waals surface area (Å²) in [5, 5.41) is 22.2. The van der Waals surface area contributed by atoms with Gasteiger partial charge in [0.05, 0.1) is 0 Å². The van der Waals surface area contributed by atoms with Gasteiger partial charge in [-0.25, -0.2) is 14.0 Å². The topological polar surface area (TPSA) is 150 Å². The second-order valence-electron chi connectivity index (χ2n) is 4.99. The van der Waals surface area contributed by atoms with Crippen molar-refractivity contribution in [2.24, 2.45) is 0 Å². The van der Waals surface area contributed by atoms with E-state index in [-0.39, 0.29) is 24.8 Å². The molecule has 0 saturated heterocycles. The highest BCUT2D eigenvalue weighted by Crippen LogP contribution is 2.12. The Hall–Kier alpha value is -2.91. The van der Waals surface area contributed by atoms with Crippen molar-refractivity contribution in [3.05, 3.63) is 35.6 Å². The lowest BCUT2D eigenvalue weighted by molar-refractivity contribution is -0.191. The molecule has 0 spiro atoms. The number of benzene rings is 1. The van der Waals surface area contributed by atoms with Crippen LogP contribution in [-0.4, -0.2) is 52.7 Å². The van der Waals surface area contributed by atoms with Gasteiger partial charge in [-0.1, -0.05) is 12.1 Å². The molecule has 0 fully saturated rings. The molecule has 4 N–H and O–H groups in total. The highest BCUT2D eigenvalue weighted by molar-refractivity contribution is 7.98. The van der Waals surface area contributed by atoms with E-state index in [1.165, 1.54) is 23.9 Å². The van der Waals surface area contributed by atoms with Gasteiger partial charge in [0.25, 0.3) is 0 Å². The van der Waals surface area contributed by atoms with Crippen LogP contribution in [0.15, 0.2) is 24.3 Å². The first-order valence-electron chi connectivity index (χ1n) is 7.60. The van der Waals surface area contributed by atoms with E-state index in [2.05, 4.69) is 10.6 Å². The minimum absolute atomic E-state index is 0.183. The molecule has 27 heavy (non-hydrogen) atoms. The maximum absolute atomic E-state index is 12.7. The molecule has 0 saturated carbocycles. The van der Waals surface area contributed by atoms with Gasteiger partial charge in [-0.15, -0.1) is 0 Å². The number of aliphatic carboxylic acids is 2. The third-order valence-electron chi connectivity index (χ3n) is 2.96. The number of hydrogen-bond donors (Lipinski definition) is 4. The molecule has 0 unspecified atom stereocenters. The van der Waals surface area contributed by atoms with E-state index in [4.69, 9.17) is 19.8 Å². The summed E-state index contributed by atoms with van der Waals surface area (Å²) in [7, 11) is 0. The number of carboxylic acids is 2. The predicted octanol–water partition coefficient (Wildman–Crippen LogP) is 1.09. The molecule has 0 aromatic heterocycles. The van der Waals surface area contributed by atoms with E-state index in [0.717, 1.165) is 5.56 Å². The Labute approximate surface area is 158 Å². The first-order valence-corrected chi connectivity index (χ1v) is 8.76. The maximum atomic E-state index is 12.7. The van der Waals surface area contributed by atoms with Crippen molar-refractivity contribution in [1.29, 1.82) is 0 Å². The third-order valence-corrected chi connectivity index (χ3v) is 3.99. The first kappa shape index (κ1) is 24.1. The molecule has 2 amide bonds. The van der Waals surface area contributed by atoms with Crippen molar-refractivity contribution in [2.45, 2.75) is 24.6 Å². The fourth-order valence-electron chi connectivity index (χ4n) is 1.74. The molecule has 1 aromatic rings. The van der Waals surface area contributed by atoms with Gasteiger partial charge in [0.15, 0.2) is 0 Å². The summed E-state index contributed by atoms with van der Waals surface area (Å²) in [6, 6.07) is 4.23. The van der Waals surface area contributed by atoms with Crippen LogP contribution in [0.5, 0.6) is 0 Å². The average Bonchev–Trinajstić information content (AvgIpc) is 2.60. The van der Waals surface area contributed by atoms with Crippen LogP contribution < -0.4 is 10.6 Å². The quantitative estimate of drug-likeness (QED) is 0.425. The van der Waals surface area contributed by atoms with E-state index in [9.17, 15) is 18.8 Å². The first-order chi connectivity index (χ1) is 12.8. The van der Waals surface area contributed by atoms with Crippen LogP contribution in [-0.2, 0) is 24.9 Å². The molecular weight excluding hydrogens is 383 g/mol. The van der Waals surface area contributed by atoms with Gasteiger partial charge >= 0.3 is 24.1 Å². The van der Waals surface area contributed by atoms with Crippen molar-refractivity contribution in [2.75, 3.05) is 12.3 Å². The molecule has 148 valence electrons. The van der Waals surface area contributed by atoms with Gasteiger partial charge in [0.2, 0.25) is 0 Å². The van der Waals surface area contributed by atoms with Crippen LogP contribution in [0.1, 0.15) is 18.4 Å². The highest BCUT2D eigenvalue weighted by Gasteiger charge is 2.20. The summed E-state index contributed by atoms with van der Waals surface area (Å²) in [5.74, 6) is -1.44. The van der Waals surface area contributed by atoms with Crippen molar-refractivity contribution < 1.29 is 38.6 Å². The van der Waals surface area contributed by atoms with E-state index in [1.54, 1.807) is 12.1 Å². The Bertz CT molecular complexity index is 649. The minimum Gasteiger partial charge on any atom is -0.481 e. The van der Waals surface area contributed by atoms with Crippen LogP contribution in [0.2, 0.25) is 0 Å². The number of carbonyl (C=O) groups is 3. The number of halogens is 1. The summed E-state index contributed by atoms with van der Waals surface area (Å²) in [4.78, 5) is 49.2. The molecule has 11 heteroatoms. The number of urea groups is 1. The fraction of sp³-hybridized carbons (Fsp3) is 0.375. The van der Waals surface area contributed by atoms with Gasteiger partial charge in [-0.05, 0) is 24.1 Å². The predicted molar refractivity (Wildman–Crippen MR) is 92.4 cm³/mol. The Morgan fingerprint density at radius 2 is 1.74 bits per heavy atom. The molecular formula is C16H19FN2O7S. The molecule has 0 aliphatic heterocycles. The largest absolute Gasteiger partial charge is 0.481 e. The Morgan fingerprint density at radius 3 is 2.26 bits per heavy atom. The Morgan fingerprint density at radius 1 is 1.15 bits per heavy atom. The average molecular weight is 402 g/mol. The molecule has 0 aliphatic carbocycles. The van der Waals surface area contributed by atoms with Crippen LogP contribution in [0.4, 0.5) is 9.18 Å². The molecule has 1 aromatic carbocycles. The lowest BCUT2D eigenvalue weighted by Gasteiger charge is -2.14. The van der Waals surface area contributed by atoms with Crippen molar-refractivity contribution >= 4 is 35.9 Å². The van der Waals surface area contributed by atoms with Crippen LogP contribution >= 0.6 is 11.8 Å². The number of amides is 2. The van der Waals surface area contributed by atoms with Gasteiger partial charge in [0, 0.05) is 24.5 Å². The van der Waals surface area contributed by atoms with Crippen molar-refractivity contribution in [1.82, 2.24) is 10.6 Å². The van der Waals surface area contributed by atoms with Gasteiger partial charge < -0.3 is 20.8 Å². The molecule has 0 aliphatic rings. The summed E-state index contributed by atoms with van der Waals surface area (Å²) >= 11 is 1.53. The van der Waals surface area contributed by atoms with E-state index in [1.807, 2.05) is 0 Å². The number of thioether (sulfide) groups is 1. The second kappa shape index (κ2) is 14.3. The standard InChI is InChI=1S/C15H19FN2O5S.CO2/c16-11-3-1-10(2-4-11)9-24-8-7-17-15(23)18-12(14(21)22)5-6-13(19)20;2-1-3/h1-4,12H,5-9H2,(H,19,20)(H,21,22)(H2,17,18,23);/t12-;/m0./s1. The lowest BCUT2D eigenvalue weighted by atomic mass is 10.1. The molecule has 1 rings (SSSR count). The minimum atomic E-state index is -1.28. The van der Waals surface area contributed by atoms with Crippen molar-refractivity contribution in [3.8, 4) is 0 Å². The van der Waals surface area contributed by atoms with Crippen molar-refractivity contribution in [3.63, 3.8) is 0 Å². The van der Waals surface area contributed by atoms with Crippen LogP contribution in [0, 0.1) is 5.82 Å². The number of carboxylic acid groups (broad SMARTS) is 2. The zero-order valence-corrected chi connectivity index (χ0v) is 15.0. The molecule has 1 atom stereocenters. The SMILES string of the molecule is O=C(O)CC[C@H](NC(=O)NCCSCc1ccc(F)cc1)C(=O)O.O=C=O. The zero-order chi connectivity index (χ0) is 20.7.